The van der Waals surface area contributed by atoms with Crippen LogP contribution in [0.3, 0.4) is 0 Å². The normalized spacial score (nSPS) is 22.4. The van der Waals surface area contributed by atoms with Crippen molar-refractivity contribution in [2.75, 3.05) is 37.6 Å². The fourth-order valence-corrected chi connectivity index (χ4v) is 7.42. The van der Waals surface area contributed by atoms with E-state index in [0.717, 1.165) is 69.9 Å². The van der Waals surface area contributed by atoms with Crippen LogP contribution in [0.15, 0.2) is 60.7 Å². The second-order valence-electron chi connectivity index (χ2n) is 12.9. The van der Waals surface area contributed by atoms with Crippen molar-refractivity contribution in [2.24, 2.45) is 5.41 Å². The van der Waals surface area contributed by atoms with Crippen LogP contribution in [-0.4, -0.2) is 49.6 Å². The number of nitrogens with zero attached hydrogens (tertiary/aromatic N) is 2. The van der Waals surface area contributed by atoms with E-state index in [2.05, 4.69) is 10.2 Å². The smallest absolute Gasteiger partial charge is 0.257 e. The van der Waals surface area contributed by atoms with E-state index in [1.165, 1.54) is 12.1 Å². The molecule has 1 spiro atoms. The maximum absolute atomic E-state index is 16.2. The second kappa shape index (κ2) is 12.1. The fourth-order valence-electron chi connectivity index (χ4n) is 7.42. The van der Waals surface area contributed by atoms with Crippen LogP contribution in [-0.2, 0) is 13.0 Å². The number of rotatable bonds is 7. The zero-order valence-corrected chi connectivity index (χ0v) is 25.0. The number of halogens is 4. The zero-order chi connectivity index (χ0) is 30.2. The first-order valence-electron chi connectivity index (χ1n) is 15.5. The predicted octanol–water partition coefficient (Wildman–Crippen LogP) is 7.51. The van der Waals surface area contributed by atoms with Gasteiger partial charge in [-0.25, -0.2) is 17.6 Å². The molecule has 3 heterocycles. The topological polar surface area (TPSA) is 27.7 Å². The van der Waals surface area contributed by atoms with Gasteiger partial charge in [-0.05, 0) is 98.5 Å². The van der Waals surface area contributed by atoms with Crippen LogP contribution in [0.5, 0.6) is 5.75 Å². The van der Waals surface area contributed by atoms with E-state index in [9.17, 15) is 8.78 Å². The Morgan fingerprint density at radius 1 is 0.977 bits per heavy atom. The van der Waals surface area contributed by atoms with E-state index in [4.69, 9.17) is 4.74 Å². The molecule has 4 nitrogen and oxygen atoms in total. The highest BCUT2D eigenvalue weighted by Gasteiger charge is 2.41. The Balaban J connectivity index is 1.33. The highest BCUT2D eigenvalue weighted by molar-refractivity contribution is 5.53. The number of fused-ring (bicyclic) bond motifs is 1. The van der Waals surface area contributed by atoms with E-state index in [0.29, 0.717) is 30.0 Å². The third kappa shape index (κ3) is 6.55. The lowest BCUT2D eigenvalue weighted by atomic mass is 9.73. The van der Waals surface area contributed by atoms with Gasteiger partial charge in [0.25, 0.3) is 5.92 Å². The molecule has 0 amide bonds. The first kappa shape index (κ1) is 29.9. The standard InChI is InChI=1S/C35H41F4N3O/c1-24-17-26-18-28(43-21-25-7-4-3-5-8-25)9-10-29(26)33(42(24)22-34(2,38)39)32-30(36)19-27(20-31(32)37)41-16-6-11-35(23-41)12-14-40-15-13-35/h3-5,7-10,18-20,24,33,40H,6,11-17,21-23H2,1-2H3/t24-,33?/m1/s1. The molecule has 2 atom stereocenters. The summed E-state index contributed by atoms with van der Waals surface area (Å²) in [6, 6.07) is 16.7. The summed E-state index contributed by atoms with van der Waals surface area (Å²) in [6.45, 7) is 5.93. The van der Waals surface area contributed by atoms with Crippen LogP contribution in [0.2, 0.25) is 0 Å². The number of hydrogen-bond acceptors (Lipinski definition) is 4. The first-order valence-corrected chi connectivity index (χ1v) is 15.5. The van der Waals surface area contributed by atoms with Crippen LogP contribution in [0, 0.1) is 17.0 Å². The number of nitrogens with one attached hydrogen (secondary N) is 1. The largest absolute Gasteiger partial charge is 0.489 e. The van der Waals surface area contributed by atoms with Gasteiger partial charge < -0.3 is 15.0 Å². The minimum atomic E-state index is -3.04. The van der Waals surface area contributed by atoms with Crippen molar-refractivity contribution < 1.29 is 22.3 Å². The molecule has 2 fully saturated rings. The maximum Gasteiger partial charge on any atom is 0.257 e. The number of hydrogen-bond donors (Lipinski definition) is 1. The van der Waals surface area contributed by atoms with Gasteiger partial charge in [0.05, 0.1) is 12.6 Å². The molecule has 230 valence electrons. The van der Waals surface area contributed by atoms with E-state index < -0.39 is 30.1 Å². The Labute approximate surface area is 252 Å². The lowest BCUT2D eigenvalue weighted by Crippen LogP contribution is -2.49. The van der Waals surface area contributed by atoms with E-state index in [-0.39, 0.29) is 17.0 Å². The first-order chi connectivity index (χ1) is 20.6. The Morgan fingerprint density at radius 3 is 2.40 bits per heavy atom. The molecule has 6 rings (SSSR count). The molecule has 0 aromatic heterocycles. The molecule has 1 N–H and O–H groups in total. The molecule has 1 unspecified atom stereocenters. The SMILES string of the molecule is C[C@@H]1Cc2cc(OCc3ccccc3)ccc2C(c2c(F)cc(N3CCCC4(CCNCC4)C3)cc2F)N1CC(C)(F)F. The van der Waals surface area contributed by atoms with Crippen molar-refractivity contribution in [3.8, 4) is 5.75 Å². The van der Waals surface area contributed by atoms with E-state index in [1.54, 1.807) is 17.0 Å². The predicted molar refractivity (Wildman–Crippen MR) is 162 cm³/mol. The van der Waals surface area contributed by atoms with Crippen molar-refractivity contribution in [2.45, 2.75) is 70.6 Å². The summed E-state index contributed by atoms with van der Waals surface area (Å²) in [5.41, 5.74) is 3.02. The average Bonchev–Trinajstić information content (AvgIpc) is 2.97. The van der Waals surface area contributed by atoms with Gasteiger partial charge in [-0.2, -0.15) is 0 Å². The van der Waals surface area contributed by atoms with Crippen molar-refractivity contribution in [3.63, 3.8) is 0 Å². The molecule has 3 aliphatic heterocycles. The average molecular weight is 596 g/mol. The van der Waals surface area contributed by atoms with Gasteiger partial charge in [0.1, 0.15) is 24.0 Å². The summed E-state index contributed by atoms with van der Waals surface area (Å²) >= 11 is 0. The summed E-state index contributed by atoms with van der Waals surface area (Å²) in [4.78, 5) is 3.66. The number of ether oxygens (including phenoxy) is 1. The minimum absolute atomic E-state index is 0.163. The Bertz CT molecular complexity index is 1390. The van der Waals surface area contributed by atoms with Gasteiger partial charge in [0.2, 0.25) is 0 Å². The number of anilines is 1. The number of benzene rings is 3. The molecule has 3 aliphatic rings. The summed E-state index contributed by atoms with van der Waals surface area (Å²) in [7, 11) is 0. The highest BCUT2D eigenvalue weighted by Crippen LogP contribution is 2.44. The zero-order valence-electron chi connectivity index (χ0n) is 25.0. The quantitative estimate of drug-likeness (QED) is 0.286. The monoisotopic (exact) mass is 595 g/mol. The van der Waals surface area contributed by atoms with Crippen molar-refractivity contribution in [1.29, 1.82) is 0 Å². The third-order valence-corrected chi connectivity index (χ3v) is 9.56. The van der Waals surface area contributed by atoms with E-state index >= 15 is 8.78 Å². The molecule has 0 radical (unpaired) electrons. The molecule has 0 aliphatic carbocycles. The molecule has 0 bridgehead atoms. The van der Waals surface area contributed by atoms with Gasteiger partial charge >= 0.3 is 0 Å². The van der Waals surface area contributed by atoms with Gasteiger partial charge in [0, 0.05) is 37.3 Å². The molecule has 0 saturated carbocycles. The van der Waals surface area contributed by atoms with Gasteiger partial charge in [0.15, 0.2) is 0 Å². The number of alkyl halides is 2. The van der Waals surface area contributed by atoms with Crippen LogP contribution in [0.4, 0.5) is 23.2 Å². The maximum atomic E-state index is 16.2. The van der Waals surface area contributed by atoms with Gasteiger partial charge in [-0.1, -0.05) is 36.4 Å². The lowest BCUT2D eigenvalue weighted by molar-refractivity contribution is -0.0371. The molecule has 2 saturated heterocycles. The van der Waals surface area contributed by atoms with Crippen LogP contribution >= 0.6 is 0 Å². The molecular formula is C35H41F4N3O. The summed E-state index contributed by atoms with van der Waals surface area (Å²) < 4.78 is 67.4. The molecule has 3 aromatic rings. The fraction of sp³-hybridized carbons (Fsp3) is 0.486. The summed E-state index contributed by atoms with van der Waals surface area (Å²) in [6.07, 6.45) is 4.69. The lowest BCUT2D eigenvalue weighted by Gasteiger charge is -2.46. The molecule has 43 heavy (non-hydrogen) atoms. The van der Waals surface area contributed by atoms with Gasteiger partial charge in [-0.15, -0.1) is 0 Å². The van der Waals surface area contributed by atoms with Crippen molar-refractivity contribution in [3.05, 3.63) is 94.6 Å². The summed E-state index contributed by atoms with van der Waals surface area (Å²) in [5.74, 6) is -3.79. The Kier molecular flexibility index (Phi) is 8.44. The minimum Gasteiger partial charge on any atom is -0.489 e. The third-order valence-electron chi connectivity index (χ3n) is 9.56. The summed E-state index contributed by atoms with van der Waals surface area (Å²) in [5, 5.41) is 3.42. The second-order valence-corrected chi connectivity index (χ2v) is 12.9. The van der Waals surface area contributed by atoms with Crippen molar-refractivity contribution in [1.82, 2.24) is 10.2 Å². The van der Waals surface area contributed by atoms with Crippen LogP contribution < -0.4 is 15.0 Å². The molecule has 3 aromatic carbocycles. The molecule has 8 heteroatoms. The Morgan fingerprint density at radius 2 is 1.70 bits per heavy atom. The number of piperidine rings is 2. The van der Waals surface area contributed by atoms with E-state index in [1.807, 2.05) is 43.3 Å². The van der Waals surface area contributed by atoms with Crippen molar-refractivity contribution >= 4 is 5.69 Å². The Hall–Kier alpha value is -3.10. The van der Waals surface area contributed by atoms with Crippen LogP contribution in [0.1, 0.15) is 67.8 Å². The molecular weight excluding hydrogens is 554 g/mol. The van der Waals surface area contributed by atoms with Gasteiger partial charge in [-0.3, -0.25) is 4.90 Å². The highest BCUT2D eigenvalue weighted by atomic mass is 19.3. The van der Waals surface area contributed by atoms with Crippen LogP contribution in [0.25, 0.3) is 0 Å².